The lowest BCUT2D eigenvalue weighted by atomic mass is 9.97. The lowest BCUT2D eigenvalue weighted by Gasteiger charge is -2.21. The Kier molecular flexibility index (Phi) is 8.89. The summed E-state index contributed by atoms with van der Waals surface area (Å²) in [6, 6.07) is 0. The van der Waals surface area contributed by atoms with Gasteiger partial charge < -0.3 is 5.32 Å². The summed E-state index contributed by atoms with van der Waals surface area (Å²) in [5.74, 6) is -0.144. The molecule has 29 heavy (non-hydrogen) atoms. The van der Waals surface area contributed by atoms with E-state index in [0.29, 0.717) is 31.0 Å². The highest BCUT2D eigenvalue weighted by atomic mass is 32.2. The van der Waals surface area contributed by atoms with Gasteiger partial charge in [0.15, 0.2) is 0 Å². The first kappa shape index (κ1) is 23.6. The molecule has 1 N–H and O–H groups in total. The van der Waals surface area contributed by atoms with E-state index >= 15 is 0 Å². The highest BCUT2D eigenvalue weighted by molar-refractivity contribution is 7.89. The molecule has 0 radical (unpaired) electrons. The third-order valence-electron chi connectivity index (χ3n) is 5.31. The van der Waals surface area contributed by atoms with Crippen LogP contribution in [-0.2, 0) is 21.4 Å². The molecule has 1 amide bonds. The largest absolute Gasteiger partial charge is 0.354 e. The number of allylic oxidation sites excluding steroid dienone is 1. The van der Waals surface area contributed by atoms with Crippen LogP contribution in [0.1, 0.15) is 70.2 Å². The second kappa shape index (κ2) is 10.9. The molecule has 0 saturated heterocycles. The minimum atomic E-state index is -3.62. The summed E-state index contributed by atoms with van der Waals surface area (Å²) in [4.78, 5) is 12.6. The number of nitrogens with zero attached hydrogens (tertiary/aromatic N) is 3. The van der Waals surface area contributed by atoms with E-state index in [2.05, 4.69) is 16.5 Å². The number of aromatic nitrogens is 2. The van der Waals surface area contributed by atoms with Gasteiger partial charge in [-0.25, -0.2) is 8.42 Å². The van der Waals surface area contributed by atoms with Crippen LogP contribution in [0.15, 0.2) is 16.5 Å². The average Bonchev–Trinajstić information content (AvgIpc) is 2.96. The number of aryl methyl sites for hydroxylation is 1. The van der Waals surface area contributed by atoms with E-state index in [0.717, 1.165) is 32.1 Å². The number of amides is 1. The standard InChI is InChI=1S/C21H36N4O3S/c1-5-14-24(15-6-2)29(27,28)21-17(3)23-25(18(21)4)16-20(26)22-13-12-19-10-8-7-9-11-19/h10H,5-9,11-16H2,1-4H3,(H,22,26). The fraction of sp³-hybridized carbons (Fsp3) is 0.714. The number of sulfonamides is 1. The van der Waals surface area contributed by atoms with Crippen molar-refractivity contribution in [2.75, 3.05) is 19.6 Å². The van der Waals surface area contributed by atoms with Gasteiger partial charge in [0.25, 0.3) is 0 Å². The smallest absolute Gasteiger partial charge is 0.246 e. The molecule has 7 nitrogen and oxygen atoms in total. The van der Waals surface area contributed by atoms with Crippen molar-refractivity contribution in [2.45, 2.75) is 84.1 Å². The van der Waals surface area contributed by atoms with Gasteiger partial charge in [-0.2, -0.15) is 9.40 Å². The third kappa shape index (κ3) is 6.15. The van der Waals surface area contributed by atoms with Crippen molar-refractivity contribution in [3.8, 4) is 0 Å². The maximum Gasteiger partial charge on any atom is 0.246 e. The first-order valence-corrected chi connectivity index (χ1v) is 12.2. The van der Waals surface area contributed by atoms with Gasteiger partial charge in [0.1, 0.15) is 11.4 Å². The molecule has 8 heteroatoms. The zero-order valence-electron chi connectivity index (χ0n) is 18.3. The Balaban J connectivity index is 2.05. The molecule has 0 atom stereocenters. The molecule has 1 aromatic rings. The van der Waals surface area contributed by atoms with Gasteiger partial charge in [-0.05, 0) is 58.8 Å². The van der Waals surface area contributed by atoms with E-state index in [-0.39, 0.29) is 17.3 Å². The average molecular weight is 425 g/mol. The molecule has 0 spiro atoms. The number of carbonyl (C=O) groups is 1. The van der Waals surface area contributed by atoms with Crippen molar-refractivity contribution >= 4 is 15.9 Å². The lowest BCUT2D eigenvalue weighted by molar-refractivity contribution is -0.121. The predicted octanol–water partition coefficient (Wildman–Crippen LogP) is 3.32. The minimum Gasteiger partial charge on any atom is -0.354 e. The first-order chi connectivity index (χ1) is 13.8. The monoisotopic (exact) mass is 424 g/mol. The normalized spacial score (nSPS) is 14.9. The van der Waals surface area contributed by atoms with Crippen LogP contribution in [0.5, 0.6) is 0 Å². The van der Waals surface area contributed by atoms with Crippen LogP contribution in [0, 0.1) is 13.8 Å². The van der Waals surface area contributed by atoms with E-state index in [1.807, 2.05) is 13.8 Å². The molecule has 0 fully saturated rings. The Morgan fingerprint density at radius 1 is 1.21 bits per heavy atom. The molecule has 2 rings (SSSR count). The van der Waals surface area contributed by atoms with Gasteiger partial charge in [-0.3, -0.25) is 9.48 Å². The molecule has 1 aliphatic carbocycles. The number of hydrogen-bond donors (Lipinski definition) is 1. The molecule has 0 unspecified atom stereocenters. The lowest BCUT2D eigenvalue weighted by Crippen LogP contribution is -2.33. The van der Waals surface area contributed by atoms with Crippen LogP contribution in [-0.4, -0.2) is 48.0 Å². The first-order valence-electron chi connectivity index (χ1n) is 10.8. The van der Waals surface area contributed by atoms with Crippen molar-refractivity contribution in [2.24, 2.45) is 0 Å². The fourth-order valence-electron chi connectivity index (χ4n) is 3.87. The quantitative estimate of drug-likeness (QED) is 0.552. The summed E-state index contributed by atoms with van der Waals surface area (Å²) in [5, 5.41) is 7.29. The molecular weight excluding hydrogens is 388 g/mol. The predicted molar refractivity (Wildman–Crippen MR) is 115 cm³/mol. The van der Waals surface area contributed by atoms with Gasteiger partial charge in [0.05, 0.1) is 11.4 Å². The van der Waals surface area contributed by atoms with Crippen LogP contribution in [0.2, 0.25) is 0 Å². The van der Waals surface area contributed by atoms with Crippen LogP contribution >= 0.6 is 0 Å². The van der Waals surface area contributed by atoms with Gasteiger partial charge in [-0.15, -0.1) is 0 Å². The topological polar surface area (TPSA) is 84.3 Å². The SMILES string of the molecule is CCCN(CCC)S(=O)(=O)c1c(C)nn(CC(=O)NCCC2=CCCCC2)c1C. The van der Waals surface area contributed by atoms with E-state index in [1.165, 1.54) is 27.4 Å². The summed E-state index contributed by atoms with van der Waals surface area (Å²) in [7, 11) is -3.62. The summed E-state index contributed by atoms with van der Waals surface area (Å²) in [6.07, 6.45) is 9.43. The maximum atomic E-state index is 13.2. The number of rotatable bonds is 11. The van der Waals surface area contributed by atoms with E-state index in [9.17, 15) is 13.2 Å². The molecular formula is C21H36N4O3S. The second-order valence-electron chi connectivity index (χ2n) is 7.77. The molecule has 1 heterocycles. The molecule has 164 valence electrons. The van der Waals surface area contributed by atoms with Crippen LogP contribution < -0.4 is 5.32 Å². The van der Waals surface area contributed by atoms with Crippen LogP contribution in [0.3, 0.4) is 0 Å². The van der Waals surface area contributed by atoms with Crippen molar-refractivity contribution < 1.29 is 13.2 Å². The van der Waals surface area contributed by atoms with Crippen molar-refractivity contribution in [3.05, 3.63) is 23.0 Å². The molecule has 0 aliphatic heterocycles. The molecule has 0 bridgehead atoms. The zero-order valence-corrected chi connectivity index (χ0v) is 19.1. The van der Waals surface area contributed by atoms with Gasteiger partial charge >= 0.3 is 0 Å². The van der Waals surface area contributed by atoms with E-state index in [4.69, 9.17) is 0 Å². The molecule has 1 aliphatic rings. The van der Waals surface area contributed by atoms with Crippen LogP contribution in [0.4, 0.5) is 0 Å². The highest BCUT2D eigenvalue weighted by Gasteiger charge is 2.30. The van der Waals surface area contributed by atoms with Crippen LogP contribution in [0.25, 0.3) is 0 Å². The second-order valence-corrected chi connectivity index (χ2v) is 9.64. The van der Waals surface area contributed by atoms with E-state index in [1.54, 1.807) is 13.8 Å². The maximum absolute atomic E-state index is 13.2. The molecule has 0 aromatic carbocycles. The Morgan fingerprint density at radius 2 is 1.90 bits per heavy atom. The fourth-order valence-corrected chi connectivity index (χ4v) is 5.87. The van der Waals surface area contributed by atoms with Crippen molar-refractivity contribution in [3.63, 3.8) is 0 Å². The highest BCUT2D eigenvalue weighted by Crippen LogP contribution is 2.24. The molecule has 0 saturated carbocycles. The van der Waals surface area contributed by atoms with Gasteiger partial charge in [0.2, 0.25) is 15.9 Å². The summed E-state index contributed by atoms with van der Waals surface area (Å²) < 4.78 is 29.4. The number of hydrogen-bond acceptors (Lipinski definition) is 4. The Hall–Kier alpha value is -1.67. The number of nitrogens with one attached hydrogen (secondary N) is 1. The zero-order chi connectivity index (χ0) is 21.4. The molecule has 1 aromatic heterocycles. The minimum absolute atomic E-state index is 0.0306. The number of carbonyl (C=O) groups excluding carboxylic acids is 1. The third-order valence-corrected chi connectivity index (χ3v) is 7.46. The van der Waals surface area contributed by atoms with Gasteiger partial charge in [0, 0.05) is 19.6 Å². The van der Waals surface area contributed by atoms with Crippen molar-refractivity contribution in [1.29, 1.82) is 0 Å². The Bertz CT molecular complexity index is 821. The summed E-state index contributed by atoms with van der Waals surface area (Å²) in [5.41, 5.74) is 2.38. The van der Waals surface area contributed by atoms with Gasteiger partial charge in [-0.1, -0.05) is 25.5 Å². The van der Waals surface area contributed by atoms with Crippen molar-refractivity contribution in [1.82, 2.24) is 19.4 Å². The Morgan fingerprint density at radius 3 is 2.48 bits per heavy atom. The summed E-state index contributed by atoms with van der Waals surface area (Å²) >= 11 is 0. The Labute approximate surface area is 175 Å². The van der Waals surface area contributed by atoms with E-state index < -0.39 is 10.0 Å². The summed E-state index contributed by atoms with van der Waals surface area (Å²) in [6.45, 7) is 8.96.